The minimum absolute atomic E-state index is 0.101. The molecule has 24 heavy (non-hydrogen) atoms. The Morgan fingerprint density at radius 2 is 1.58 bits per heavy atom. The average Bonchev–Trinajstić information content (AvgIpc) is 2.50. The van der Waals surface area contributed by atoms with E-state index in [9.17, 15) is 9.59 Å². The third kappa shape index (κ3) is 9.69. The quantitative estimate of drug-likeness (QED) is 0.284. The molecule has 3 nitrogen and oxygen atoms in total. The molecule has 0 radical (unpaired) electrons. The van der Waals surface area contributed by atoms with Crippen molar-refractivity contribution in [3.8, 4) is 0 Å². The highest BCUT2D eigenvalue weighted by Gasteiger charge is 2.27. The molecule has 0 amide bonds. The standard InChI is InChI=1S/C21H36O3/c1-15(2)10-8-11-16(3)12-9-13-17(4)18(5)14-20(19(6)22)21(23)24-7/h10,12,17-18,20H,8-9,11,13-14H2,1-7H3/b16-12+. The number of carbonyl (C=O) groups is 2. The summed E-state index contributed by atoms with van der Waals surface area (Å²) in [6.45, 7) is 12.2. The highest BCUT2D eigenvalue weighted by atomic mass is 16.5. The number of ketones is 1. The van der Waals surface area contributed by atoms with Gasteiger partial charge in [0.05, 0.1) is 7.11 Å². The predicted molar refractivity (Wildman–Crippen MR) is 101 cm³/mol. The Kier molecular flexibility index (Phi) is 11.4. The summed E-state index contributed by atoms with van der Waals surface area (Å²) in [4.78, 5) is 23.3. The number of hydrogen-bond donors (Lipinski definition) is 0. The topological polar surface area (TPSA) is 43.4 Å². The van der Waals surface area contributed by atoms with Crippen LogP contribution in [0.15, 0.2) is 23.3 Å². The van der Waals surface area contributed by atoms with E-state index in [1.165, 1.54) is 25.2 Å². The van der Waals surface area contributed by atoms with E-state index in [0.29, 0.717) is 18.3 Å². The molecule has 0 rings (SSSR count). The molecule has 0 aromatic heterocycles. The molecule has 138 valence electrons. The lowest BCUT2D eigenvalue weighted by molar-refractivity contribution is -0.149. The van der Waals surface area contributed by atoms with Crippen LogP contribution in [0.3, 0.4) is 0 Å². The van der Waals surface area contributed by atoms with Crippen molar-refractivity contribution < 1.29 is 14.3 Å². The van der Waals surface area contributed by atoms with Crippen molar-refractivity contribution in [2.75, 3.05) is 7.11 Å². The summed E-state index contributed by atoms with van der Waals surface area (Å²) >= 11 is 0. The molecule has 3 heteroatoms. The largest absolute Gasteiger partial charge is 0.468 e. The first-order chi connectivity index (χ1) is 11.2. The number of Topliss-reactive ketones (excluding diaryl/α,β-unsaturated/α-hetero) is 1. The minimum Gasteiger partial charge on any atom is -0.468 e. The molecular weight excluding hydrogens is 300 g/mol. The van der Waals surface area contributed by atoms with Crippen LogP contribution in [0.25, 0.3) is 0 Å². The fourth-order valence-corrected chi connectivity index (χ4v) is 2.74. The van der Waals surface area contributed by atoms with Crippen LogP contribution in [0.4, 0.5) is 0 Å². The lowest BCUT2D eigenvalue weighted by Crippen LogP contribution is -2.27. The molecule has 3 atom stereocenters. The number of rotatable bonds is 11. The summed E-state index contributed by atoms with van der Waals surface area (Å²) in [5, 5.41) is 0. The van der Waals surface area contributed by atoms with Crippen LogP contribution in [-0.2, 0) is 14.3 Å². The monoisotopic (exact) mass is 336 g/mol. The van der Waals surface area contributed by atoms with Crippen molar-refractivity contribution in [3.05, 3.63) is 23.3 Å². The minimum atomic E-state index is -0.617. The summed E-state index contributed by atoms with van der Waals surface area (Å²) in [6, 6.07) is 0. The van der Waals surface area contributed by atoms with Gasteiger partial charge in [-0.25, -0.2) is 0 Å². The molecule has 0 spiro atoms. The van der Waals surface area contributed by atoms with Crippen LogP contribution in [0.5, 0.6) is 0 Å². The zero-order valence-corrected chi connectivity index (χ0v) is 16.6. The molecule has 0 saturated heterocycles. The second-order valence-electron chi connectivity index (χ2n) is 7.32. The Hall–Kier alpha value is -1.38. The van der Waals surface area contributed by atoms with E-state index in [2.05, 4.69) is 46.8 Å². The number of allylic oxidation sites excluding steroid dienone is 4. The van der Waals surface area contributed by atoms with Gasteiger partial charge in [0.25, 0.3) is 0 Å². The third-order valence-corrected chi connectivity index (χ3v) is 4.76. The van der Waals surface area contributed by atoms with Crippen LogP contribution in [0.1, 0.15) is 73.6 Å². The predicted octanol–water partition coefficient (Wildman–Crippen LogP) is 5.50. The summed E-state index contributed by atoms with van der Waals surface area (Å²) < 4.78 is 4.75. The smallest absolute Gasteiger partial charge is 0.316 e. The van der Waals surface area contributed by atoms with Crippen LogP contribution >= 0.6 is 0 Å². The van der Waals surface area contributed by atoms with Gasteiger partial charge in [0.1, 0.15) is 11.7 Å². The Balaban J connectivity index is 4.35. The van der Waals surface area contributed by atoms with Gasteiger partial charge in [-0.15, -0.1) is 0 Å². The van der Waals surface area contributed by atoms with E-state index in [1.54, 1.807) is 0 Å². The van der Waals surface area contributed by atoms with Crippen LogP contribution in [0.2, 0.25) is 0 Å². The molecule has 0 aromatic rings. The van der Waals surface area contributed by atoms with Crippen LogP contribution in [0, 0.1) is 17.8 Å². The van der Waals surface area contributed by atoms with Crippen molar-refractivity contribution in [2.45, 2.75) is 73.6 Å². The molecule has 3 unspecified atom stereocenters. The molecular formula is C21H36O3. The summed E-state index contributed by atoms with van der Waals surface area (Å²) in [5.74, 6) is -0.336. The fraction of sp³-hybridized carbons (Fsp3) is 0.714. The van der Waals surface area contributed by atoms with Crippen molar-refractivity contribution in [1.82, 2.24) is 0 Å². The lowest BCUT2D eigenvalue weighted by Gasteiger charge is -2.22. The van der Waals surface area contributed by atoms with E-state index in [0.717, 1.165) is 25.7 Å². The maximum absolute atomic E-state index is 11.7. The molecule has 0 heterocycles. The number of methoxy groups -OCH3 is 1. The van der Waals surface area contributed by atoms with E-state index in [1.807, 2.05) is 0 Å². The van der Waals surface area contributed by atoms with Gasteiger partial charge in [0, 0.05) is 0 Å². The zero-order valence-electron chi connectivity index (χ0n) is 16.6. The van der Waals surface area contributed by atoms with Gasteiger partial charge in [0.15, 0.2) is 0 Å². The Morgan fingerprint density at radius 1 is 0.958 bits per heavy atom. The number of carbonyl (C=O) groups excluding carboxylic acids is 2. The second-order valence-corrected chi connectivity index (χ2v) is 7.32. The van der Waals surface area contributed by atoms with Gasteiger partial charge in [-0.05, 0) is 71.6 Å². The third-order valence-electron chi connectivity index (χ3n) is 4.76. The van der Waals surface area contributed by atoms with E-state index in [-0.39, 0.29) is 5.78 Å². The number of ether oxygens (including phenoxy) is 1. The molecule has 0 N–H and O–H groups in total. The SMILES string of the molecule is COC(=O)C(CC(C)C(C)CC/C=C(\C)CCC=C(C)C)C(C)=O. The number of esters is 1. The molecule has 0 saturated carbocycles. The molecule has 0 bridgehead atoms. The Labute approximate surface area is 148 Å². The van der Waals surface area contributed by atoms with Crippen molar-refractivity contribution >= 4 is 11.8 Å². The molecule has 0 aromatic carbocycles. The first-order valence-corrected chi connectivity index (χ1v) is 9.06. The normalized spacial score (nSPS) is 15.4. The number of hydrogen-bond acceptors (Lipinski definition) is 3. The average molecular weight is 337 g/mol. The zero-order chi connectivity index (χ0) is 18.7. The molecule has 0 aliphatic heterocycles. The van der Waals surface area contributed by atoms with Crippen molar-refractivity contribution in [1.29, 1.82) is 0 Å². The molecule has 0 aliphatic carbocycles. The first-order valence-electron chi connectivity index (χ1n) is 9.06. The highest BCUT2D eigenvalue weighted by molar-refractivity contribution is 5.97. The molecule has 0 fully saturated rings. The van der Waals surface area contributed by atoms with Gasteiger partial charge < -0.3 is 4.74 Å². The van der Waals surface area contributed by atoms with Gasteiger partial charge in [-0.2, -0.15) is 0 Å². The van der Waals surface area contributed by atoms with Gasteiger partial charge in [-0.1, -0.05) is 37.1 Å². The Bertz CT molecular complexity index is 456. The summed E-state index contributed by atoms with van der Waals surface area (Å²) in [5.41, 5.74) is 2.81. The van der Waals surface area contributed by atoms with Crippen LogP contribution < -0.4 is 0 Å². The first kappa shape index (κ1) is 22.6. The highest BCUT2D eigenvalue weighted by Crippen LogP contribution is 2.25. The second kappa shape index (κ2) is 12.0. The van der Waals surface area contributed by atoms with Crippen molar-refractivity contribution in [3.63, 3.8) is 0 Å². The maximum atomic E-state index is 11.7. The molecule has 0 aliphatic rings. The summed E-state index contributed by atoms with van der Waals surface area (Å²) in [6.07, 6.45) is 9.52. The van der Waals surface area contributed by atoms with Gasteiger partial charge in [-0.3, -0.25) is 9.59 Å². The van der Waals surface area contributed by atoms with E-state index in [4.69, 9.17) is 4.74 Å². The van der Waals surface area contributed by atoms with Gasteiger partial charge in [0.2, 0.25) is 0 Å². The van der Waals surface area contributed by atoms with Gasteiger partial charge >= 0.3 is 5.97 Å². The van der Waals surface area contributed by atoms with Crippen LogP contribution in [-0.4, -0.2) is 18.9 Å². The lowest BCUT2D eigenvalue weighted by atomic mass is 9.83. The fourth-order valence-electron chi connectivity index (χ4n) is 2.74. The Morgan fingerprint density at radius 3 is 2.08 bits per heavy atom. The maximum Gasteiger partial charge on any atom is 0.316 e. The van der Waals surface area contributed by atoms with E-state index < -0.39 is 11.9 Å². The summed E-state index contributed by atoms with van der Waals surface area (Å²) in [7, 11) is 1.34. The van der Waals surface area contributed by atoms with Crippen molar-refractivity contribution in [2.24, 2.45) is 17.8 Å². The van der Waals surface area contributed by atoms with E-state index >= 15 is 0 Å².